The minimum Gasteiger partial charge on any atom is -0.357 e. The second-order valence-electron chi connectivity index (χ2n) is 6.19. The predicted octanol–water partition coefficient (Wildman–Crippen LogP) is 2.38. The first-order chi connectivity index (χ1) is 12.6. The SMILES string of the molecule is O=C(CNC(=O)c1cccc(Cl)c1)NCc1ccc(N2CCCC2)nc1. The molecule has 6 nitrogen and oxygen atoms in total. The number of benzene rings is 1. The third-order valence-corrected chi connectivity index (χ3v) is 4.46. The summed E-state index contributed by atoms with van der Waals surface area (Å²) in [6.07, 6.45) is 4.19. The van der Waals surface area contributed by atoms with Crippen LogP contribution in [-0.4, -0.2) is 36.4 Å². The van der Waals surface area contributed by atoms with E-state index in [1.165, 1.54) is 12.8 Å². The number of rotatable bonds is 6. The number of pyridine rings is 1. The topological polar surface area (TPSA) is 74.3 Å². The van der Waals surface area contributed by atoms with Gasteiger partial charge in [0.2, 0.25) is 5.91 Å². The Kier molecular flexibility index (Phi) is 6.07. The van der Waals surface area contributed by atoms with Crippen LogP contribution < -0.4 is 15.5 Å². The van der Waals surface area contributed by atoms with Gasteiger partial charge < -0.3 is 15.5 Å². The average molecular weight is 373 g/mol. The Morgan fingerprint density at radius 3 is 2.62 bits per heavy atom. The Morgan fingerprint density at radius 1 is 1.12 bits per heavy atom. The molecule has 0 spiro atoms. The summed E-state index contributed by atoms with van der Waals surface area (Å²) < 4.78 is 0. The number of amides is 2. The summed E-state index contributed by atoms with van der Waals surface area (Å²) in [5, 5.41) is 5.83. The zero-order valence-corrected chi connectivity index (χ0v) is 15.1. The van der Waals surface area contributed by atoms with E-state index in [2.05, 4.69) is 20.5 Å². The molecule has 0 aliphatic carbocycles. The van der Waals surface area contributed by atoms with E-state index in [-0.39, 0.29) is 18.4 Å². The maximum Gasteiger partial charge on any atom is 0.251 e. The van der Waals surface area contributed by atoms with Gasteiger partial charge in [-0.3, -0.25) is 9.59 Å². The molecule has 26 heavy (non-hydrogen) atoms. The van der Waals surface area contributed by atoms with Gasteiger partial charge in [0.05, 0.1) is 6.54 Å². The molecule has 0 bridgehead atoms. The molecule has 1 aromatic carbocycles. The van der Waals surface area contributed by atoms with Crippen molar-refractivity contribution in [3.63, 3.8) is 0 Å². The van der Waals surface area contributed by atoms with Gasteiger partial charge >= 0.3 is 0 Å². The number of aromatic nitrogens is 1. The summed E-state index contributed by atoms with van der Waals surface area (Å²) in [4.78, 5) is 30.6. The summed E-state index contributed by atoms with van der Waals surface area (Å²) >= 11 is 5.85. The number of carbonyl (C=O) groups excluding carboxylic acids is 2. The van der Waals surface area contributed by atoms with Crippen molar-refractivity contribution in [3.05, 3.63) is 58.7 Å². The Balaban J connectivity index is 1.43. The molecule has 2 heterocycles. The van der Waals surface area contributed by atoms with Crippen molar-refractivity contribution >= 4 is 29.2 Å². The summed E-state index contributed by atoms with van der Waals surface area (Å²) in [5.74, 6) is 0.384. The van der Waals surface area contributed by atoms with Crippen molar-refractivity contribution in [1.29, 1.82) is 0 Å². The summed E-state index contributed by atoms with van der Waals surface area (Å²) in [6.45, 7) is 2.38. The first-order valence-electron chi connectivity index (χ1n) is 8.62. The molecule has 0 atom stereocenters. The van der Waals surface area contributed by atoms with Gasteiger partial charge in [0, 0.05) is 36.4 Å². The largest absolute Gasteiger partial charge is 0.357 e. The number of nitrogens with one attached hydrogen (secondary N) is 2. The van der Waals surface area contributed by atoms with Gasteiger partial charge in [0.25, 0.3) is 5.91 Å². The molecular formula is C19H21ClN4O2. The van der Waals surface area contributed by atoms with E-state index < -0.39 is 0 Å². The van der Waals surface area contributed by atoms with Gasteiger partial charge in [-0.25, -0.2) is 4.98 Å². The zero-order valence-electron chi connectivity index (χ0n) is 14.4. The highest BCUT2D eigenvalue weighted by Crippen LogP contribution is 2.17. The smallest absolute Gasteiger partial charge is 0.251 e. The number of nitrogens with zero attached hydrogens (tertiary/aromatic N) is 2. The molecule has 0 radical (unpaired) electrons. The number of hydrogen-bond acceptors (Lipinski definition) is 4. The molecule has 0 saturated carbocycles. The van der Waals surface area contributed by atoms with Crippen LogP contribution in [0.3, 0.4) is 0 Å². The lowest BCUT2D eigenvalue weighted by molar-refractivity contribution is -0.120. The fourth-order valence-electron chi connectivity index (χ4n) is 2.81. The summed E-state index contributed by atoms with van der Waals surface area (Å²) in [6, 6.07) is 10.5. The van der Waals surface area contributed by atoms with Crippen LogP contribution in [0.25, 0.3) is 0 Å². The van der Waals surface area contributed by atoms with E-state index in [4.69, 9.17) is 11.6 Å². The molecule has 1 aliphatic heterocycles. The quantitative estimate of drug-likeness (QED) is 0.816. The molecule has 7 heteroatoms. The Labute approximate surface area is 157 Å². The molecule has 3 rings (SSSR count). The van der Waals surface area contributed by atoms with E-state index in [0.717, 1.165) is 24.5 Å². The van der Waals surface area contributed by atoms with E-state index in [1.54, 1.807) is 30.5 Å². The fraction of sp³-hybridized carbons (Fsp3) is 0.316. The number of hydrogen-bond donors (Lipinski definition) is 2. The highest BCUT2D eigenvalue weighted by atomic mass is 35.5. The normalized spacial score (nSPS) is 13.5. The summed E-state index contributed by atoms with van der Waals surface area (Å²) in [5.41, 5.74) is 1.34. The van der Waals surface area contributed by atoms with E-state index in [0.29, 0.717) is 17.1 Å². The molecule has 2 amide bonds. The predicted molar refractivity (Wildman–Crippen MR) is 101 cm³/mol. The van der Waals surface area contributed by atoms with Crippen LogP contribution >= 0.6 is 11.6 Å². The van der Waals surface area contributed by atoms with Crippen LogP contribution in [0.2, 0.25) is 5.02 Å². The first kappa shape index (κ1) is 18.2. The lowest BCUT2D eigenvalue weighted by Crippen LogP contribution is -2.36. The zero-order chi connectivity index (χ0) is 18.4. The maximum atomic E-state index is 12.0. The number of carbonyl (C=O) groups is 2. The van der Waals surface area contributed by atoms with Crippen molar-refractivity contribution in [1.82, 2.24) is 15.6 Å². The highest BCUT2D eigenvalue weighted by molar-refractivity contribution is 6.30. The molecule has 2 aromatic rings. The van der Waals surface area contributed by atoms with Crippen molar-refractivity contribution in [3.8, 4) is 0 Å². The van der Waals surface area contributed by atoms with E-state index in [1.807, 2.05) is 12.1 Å². The van der Waals surface area contributed by atoms with Crippen LogP contribution in [-0.2, 0) is 11.3 Å². The monoisotopic (exact) mass is 372 g/mol. The van der Waals surface area contributed by atoms with Crippen LogP contribution in [0.5, 0.6) is 0 Å². The Morgan fingerprint density at radius 2 is 1.92 bits per heavy atom. The second kappa shape index (κ2) is 8.67. The molecule has 1 aromatic heterocycles. The molecule has 1 aliphatic rings. The van der Waals surface area contributed by atoms with Gasteiger partial charge in [0.15, 0.2) is 0 Å². The van der Waals surface area contributed by atoms with Crippen molar-refractivity contribution in [2.75, 3.05) is 24.5 Å². The molecule has 2 N–H and O–H groups in total. The van der Waals surface area contributed by atoms with Crippen LogP contribution in [0.1, 0.15) is 28.8 Å². The van der Waals surface area contributed by atoms with Crippen LogP contribution in [0, 0.1) is 0 Å². The van der Waals surface area contributed by atoms with Gasteiger partial charge in [-0.2, -0.15) is 0 Å². The molecule has 1 saturated heterocycles. The lowest BCUT2D eigenvalue weighted by Gasteiger charge is -2.16. The number of anilines is 1. The van der Waals surface area contributed by atoms with Gasteiger partial charge in [-0.05, 0) is 42.7 Å². The van der Waals surface area contributed by atoms with Crippen molar-refractivity contribution in [2.45, 2.75) is 19.4 Å². The van der Waals surface area contributed by atoms with Gasteiger partial charge in [-0.15, -0.1) is 0 Å². The minimum atomic E-state index is -0.334. The Bertz CT molecular complexity index is 773. The minimum absolute atomic E-state index is 0.0926. The molecule has 1 fully saturated rings. The van der Waals surface area contributed by atoms with E-state index >= 15 is 0 Å². The van der Waals surface area contributed by atoms with Crippen molar-refractivity contribution < 1.29 is 9.59 Å². The van der Waals surface area contributed by atoms with Crippen molar-refractivity contribution in [2.24, 2.45) is 0 Å². The van der Waals surface area contributed by atoms with Crippen LogP contribution in [0.15, 0.2) is 42.6 Å². The van der Waals surface area contributed by atoms with Crippen LogP contribution in [0.4, 0.5) is 5.82 Å². The van der Waals surface area contributed by atoms with Gasteiger partial charge in [0.1, 0.15) is 5.82 Å². The standard InChI is InChI=1S/C19H21ClN4O2/c20-16-5-3-4-15(10-16)19(26)23-13-18(25)22-12-14-6-7-17(21-11-14)24-8-1-2-9-24/h3-7,10-11H,1-2,8-9,12-13H2,(H,22,25)(H,23,26). The number of halogens is 1. The summed E-state index contributed by atoms with van der Waals surface area (Å²) in [7, 11) is 0. The first-order valence-corrected chi connectivity index (χ1v) is 9.00. The lowest BCUT2D eigenvalue weighted by atomic mass is 10.2. The molecule has 136 valence electrons. The molecular weight excluding hydrogens is 352 g/mol. The Hall–Kier alpha value is -2.60. The van der Waals surface area contributed by atoms with E-state index in [9.17, 15) is 9.59 Å². The van der Waals surface area contributed by atoms with Gasteiger partial charge in [-0.1, -0.05) is 23.7 Å². The molecule has 0 unspecified atom stereocenters. The third-order valence-electron chi connectivity index (χ3n) is 4.23. The second-order valence-corrected chi connectivity index (χ2v) is 6.62. The average Bonchev–Trinajstić information content (AvgIpc) is 3.19. The third kappa shape index (κ3) is 4.95. The maximum absolute atomic E-state index is 12.0. The fourth-order valence-corrected chi connectivity index (χ4v) is 3.00. The highest BCUT2D eigenvalue weighted by Gasteiger charge is 2.13.